The monoisotopic (exact) mass is 257 g/mol. The number of likely N-dealkylation sites (tertiary alicyclic amines) is 1. The van der Waals surface area contributed by atoms with E-state index in [0.29, 0.717) is 25.3 Å². The molecule has 1 unspecified atom stereocenters. The second kappa shape index (κ2) is 5.89. The summed E-state index contributed by atoms with van der Waals surface area (Å²) in [5.74, 6) is 1.35. The molecule has 0 saturated carbocycles. The van der Waals surface area contributed by atoms with Crippen LogP contribution < -0.4 is 0 Å². The minimum Gasteiger partial charge on any atom is -0.283 e. The summed E-state index contributed by atoms with van der Waals surface area (Å²) in [7, 11) is 0. The van der Waals surface area contributed by atoms with E-state index >= 15 is 0 Å². The van der Waals surface area contributed by atoms with Crippen molar-refractivity contribution in [1.29, 1.82) is 0 Å². The molecule has 1 aliphatic rings. The summed E-state index contributed by atoms with van der Waals surface area (Å²) in [6.07, 6.45) is 2.89. The first kappa shape index (κ1) is 14.6. The molecule has 0 bridgehead atoms. The normalized spacial score (nSPS) is 21.8. The minimum atomic E-state index is -0.165. The van der Waals surface area contributed by atoms with Gasteiger partial charge < -0.3 is 0 Å². The lowest BCUT2D eigenvalue weighted by Crippen LogP contribution is -2.46. The highest BCUT2D eigenvalue weighted by Crippen LogP contribution is 2.31. The molecule has 0 aromatic rings. The van der Waals surface area contributed by atoms with Crippen LogP contribution in [0.25, 0.3) is 0 Å². The van der Waals surface area contributed by atoms with E-state index < -0.39 is 0 Å². The number of thiol groups is 1. The van der Waals surface area contributed by atoms with E-state index in [1.807, 2.05) is 13.8 Å². The van der Waals surface area contributed by atoms with E-state index in [2.05, 4.69) is 19.6 Å². The van der Waals surface area contributed by atoms with Gasteiger partial charge >= 0.3 is 0 Å². The van der Waals surface area contributed by atoms with Gasteiger partial charge in [-0.2, -0.15) is 12.6 Å². The van der Waals surface area contributed by atoms with Crippen molar-refractivity contribution in [1.82, 2.24) is 4.90 Å². The highest BCUT2D eigenvalue weighted by Gasteiger charge is 2.36. The number of imide groups is 1. The summed E-state index contributed by atoms with van der Waals surface area (Å²) in [6.45, 7) is 6.66. The van der Waals surface area contributed by atoms with Crippen LogP contribution in [0.5, 0.6) is 0 Å². The number of piperidine rings is 1. The maximum atomic E-state index is 11.9. The zero-order valence-electron chi connectivity index (χ0n) is 11.0. The van der Waals surface area contributed by atoms with Crippen molar-refractivity contribution in [2.24, 2.45) is 11.3 Å². The molecular weight excluding hydrogens is 234 g/mol. The van der Waals surface area contributed by atoms with Gasteiger partial charge in [-0.1, -0.05) is 20.8 Å². The second-order valence-corrected chi connectivity index (χ2v) is 6.31. The fraction of sp³-hybridized carbons (Fsp3) is 0.846. The van der Waals surface area contributed by atoms with Gasteiger partial charge in [0.05, 0.1) is 0 Å². The number of carbonyl (C=O) groups is 2. The van der Waals surface area contributed by atoms with Crippen molar-refractivity contribution < 1.29 is 9.59 Å². The molecule has 1 heterocycles. The number of nitrogens with zero attached hydrogens (tertiary/aromatic N) is 1. The van der Waals surface area contributed by atoms with Crippen molar-refractivity contribution in [3.8, 4) is 0 Å². The third-order valence-corrected chi connectivity index (χ3v) is 3.59. The highest BCUT2D eigenvalue weighted by atomic mass is 32.1. The number of rotatable bonds is 5. The van der Waals surface area contributed by atoms with E-state index in [9.17, 15) is 9.59 Å². The molecule has 1 atom stereocenters. The molecular formula is C13H23NO2S. The summed E-state index contributed by atoms with van der Waals surface area (Å²) in [4.78, 5) is 25.2. The summed E-state index contributed by atoms with van der Waals surface area (Å²) < 4.78 is 0. The van der Waals surface area contributed by atoms with Gasteiger partial charge in [-0.15, -0.1) is 0 Å². The first-order chi connectivity index (χ1) is 7.85. The Morgan fingerprint density at radius 2 is 1.76 bits per heavy atom. The van der Waals surface area contributed by atoms with Gasteiger partial charge in [-0.25, -0.2) is 0 Å². The zero-order chi connectivity index (χ0) is 13.1. The van der Waals surface area contributed by atoms with Crippen molar-refractivity contribution in [2.45, 2.75) is 46.5 Å². The Morgan fingerprint density at radius 1 is 1.24 bits per heavy atom. The van der Waals surface area contributed by atoms with Crippen LogP contribution in [0.1, 0.15) is 46.5 Å². The third-order valence-electron chi connectivity index (χ3n) is 3.33. The van der Waals surface area contributed by atoms with Crippen molar-refractivity contribution >= 4 is 24.4 Å². The Bertz CT molecular complexity index is 282. The van der Waals surface area contributed by atoms with Crippen LogP contribution in [0.2, 0.25) is 0 Å². The molecule has 0 aromatic carbocycles. The number of carbonyl (C=O) groups excluding carboxylic acids is 2. The largest absolute Gasteiger partial charge is 0.283 e. The summed E-state index contributed by atoms with van der Waals surface area (Å²) in [5.41, 5.74) is -0.165. The van der Waals surface area contributed by atoms with Gasteiger partial charge in [-0.05, 0) is 29.9 Å². The Labute approximate surface area is 109 Å². The topological polar surface area (TPSA) is 37.4 Å². The standard InChI is InChI=1S/C13H23NO2S/c1-10(5-7-17)4-6-14-11(15)8-13(2,3)9-12(14)16/h10,17H,4-9H2,1-3H3. The van der Waals surface area contributed by atoms with Crippen LogP contribution in [0, 0.1) is 11.3 Å². The van der Waals surface area contributed by atoms with Crippen LogP contribution in [0.3, 0.4) is 0 Å². The third kappa shape index (κ3) is 4.34. The Kier molecular flexibility index (Phi) is 5.04. The molecule has 17 heavy (non-hydrogen) atoms. The molecule has 1 saturated heterocycles. The Hall–Kier alpha value is -0.510. The molecule has 0 N–H and O–H groups in total. The average molecular weight is 257 g/mol. The van der Waals surface area contributed by atoms with E-state index in [1.165, 1.54) is 4.90 Å². The van der Waals surface area contributed by atoms with Gasteiger partial charge in [0.15, 0.2) is 0 Å². The summed E-state index contributed by atoms with van der Waals surface area (Å²) >= 11 is 4.19. The van der Waals surface area contributed by atoms with Gasteiger partial charge in [0.2, 0.25) is 11.8 Å². The SMILES string of the molecule is CC(CCS)CCN1C(=O)CC(C)(C)CC1=O. The van der Waals surface area contributed by atoms with E-state index in [4.69, 9.17) is 0 Å². The number of hydrogen-bond donors (Lipinski definition) is 1. The lowest BCUT2D eigenvalue weighted by atomic mass is 9.81. The average Bonchev–Trinajstić information content (AvgIpc) is 2.14. The van der Waals surface area contributed by atoms with E-state index in [-0.39, 0.29) is 17.2 Å². The van der Waals surface area contributed by atoms with Crippen LogP contribution in [-0.2, 0) is 9.59 Å². The first-order valence-electron chi connectivity index (χ1n) is 6.30. The molecule has 98 valence electrons. The van der Waals surface area contributed by atoms with Crippen LogP contribution in [0.4, 0.5) is 0 Å². The molecule has 0 aromatic heterocycles. The van der Waals surface area contributed by atoms with Crippen LogP contribution in [-0.4, -0.2) is 29.0 Å². The fourth-order valence-electron chi connectivity index (χ4n) is 2.17. The molecule has 2 amide bonds. The van der Waals surface area contributed by atoms with Crippen LogP contribution in [0.15, 0.2) is 0 Å². The highest BCUT2D eigenvalue weighted by molar-refractivity contribution is 7.80. The van der Waals surface area contributed by atoms with Crippen LogP contribution >= 0.6 is 12.6 Å². The molecule has 4 heteroatoms. The second-order valence-electron chi connectivity index (χ2n) is 5.86. The lowest BCUT2D eigenvalue weighted by molar-refractivity contribution is -0.152. The molecule has 3 nitrogen and oxygen atoms in total. The summed E-state index contributed by atoms with van der Waals surface area (Å²) in [6, 6.07) is 0. The van der Waals surface area contributed by atoms with Crippen molar-refractivity contribution in [3.05, 3.63) is 0 Å². The molecule has 0 aliphatic carbocycles. The van der Waals surface area contributed by atoms with Gasteiger partial charge in [0.25, 0.3) is 0 Å². The van der Waals surface area contributed by atoms with Gasteiger partial charge in [0, 0.05) is 19.4 Å². The fourth-order valence-corrected chi connectivity index (χ4v) is 2.62. The minimum absolute atomic E-state index is 0.00989. The number of hydrogen-bond acceptors (Lipinski definition) is 3. The Morgan fingerprint density at radius 3 is 2.24 bits per heavy atom. The van der Waals surface area contributed by atoms with Gasteiger partial charge in [0.1, 0.15) is 0 Å². The molecule has 0 radical (unpaired) electrons. The molecule has 1 fully saturated rings. The maximum absolute atomic E-state index is 11.9. The molecule has 1 aliphatic heterocycles. The van der Waals surface area contributed by atoms with Crippen molar-refractivity contribution in [2.75, 3.05) is 12.3 Å². The van der Waals surface area contributed by atoms with E-state index in [0.717, 1.165) is 18.6 Å². The number of amides is 2. The predicted octanol–water partition coefficient (Wildman–Crippen LogP) is 2.51. The quantitative estimate of drug-likeness (QED) is 0.607. The van der Waals surface area contributed by atoms with E-state index in [1.54, 1.807) is 0 Å². The molecule has 1 rings (SSSR count). The Balaban J connectivity index is 2.49. The van der Waals surface area contributed by atoms with Gasteiger partial charge in [-0.3, -0.25) is 14.5 Å². The smallest absolute Gasteiger partial charge is 0.229 e. The summed E-state index contributed by atoms with van der Waals surface area (Å²) in [5, 5.41) is 0. The van der Waals surface area contributed by atoms with Crippen molar-refractivity contribution in [3.63, 3.8) is 0 Å². The zero-order valence-corrected chi connectivity index (χ0v) is 11.9. The molecule has 0 spiro atoms. The maximum Gasteiger partial charge on any atom is 0.229 e. The lowest BCUT2D eigenvalue weighted by Gasteiger charge is -2.35. The first-order valence-corrected chi connectivity index (χ1v) is 6.93. The predicted molar refractivity (Wildman–Crippen MR) is 72.0 cm³/mol.